The second kappa shape index (κ2) is 9.93. The van der Waals surface area contributed by atoms with Crippen LogP contribution in [0.5, 0.6) is 0 Å². The summed E-state index contributed by atoms with van der Waals surface area (Å²) in [5.74, 6) is 0.852. The molecule has 4 nitrogen and oxygen atoms in total. The molecule has 0 amide bonds. The third kappa shape index (κ3) is 6.60. The first-order valence-corrected chi connectivity index (χ1v) is 8.65. The van der Waals surface area contributed by atoms with Gasteiger partial charge >= 0.3 is 0 Å². The van der Waals surface area contributed by atoms with Crippen molar-refractivity contribution >= 4 is 0 Å². The molecule has 0 radical (unpaired) electrons. The lowest BCUT2D eigenvalue weighted by molar-refractivity contribution is -0.429. The van der Waals surface area contributed by atoms with Crippen LogP contribution in [0.3, 0.4) is 0 Å². The van der Waals surface area contributed by atoms with Crippen molar-refractivity contribution in [3.05, 3.63) is 21.9 Å². The number of nitrogens with zero attached hydrogens (tertiary/aromatic N) is 2. The molecule has 0 fully saturated rings. The second-order valence-corrected chi connectivity index (χ2v) is 6.40. The average molecular weight is 296 g/mol. The van der Waals surface area contributed by atoms with Crippen molar-refractivity contribution in [2.45, 2.75) is 78.2 Å². The summed E-state index contributed by atoms with van der Waals surface area (Å²) in [4.78, 5) is 13.0. The fourth-order valence-corrected chi connectivity index (χ4v) is 3.35. The molecule has 1 rings (SSSR count). The highest BCUT2D eigenvalue weighted by molar-refractivity contribution is 5.00. The average Bonchev–Trinajstić information content (AvgIpc) is 2.48. The summed E-state index contributed by atoms with van der Waals surface area (Å²) in [6, 6.07) is 0.506. The first-order chi connectivity index (χ1) is 10.1. The molecule has 0 bridgehead atoms. The number of hydrogen-bond acceptors (Lipinski definition) is 3. The minimum Gasteiger partial charge on any atom is -0.300 e. The van der Waals surface area contributed by atoms with Gasteiger partial charge in [-0.1, -0.05) is 46.5 Å². The van der Waals surface area contributed by atoms with Crippen molar-refractivity contribution in [1.82, 2.24) is 4.90 Å². The Morgan fingerprint density at radius 1 is 1.38 bits per heavy atom. The molecular formula is C17H32N2O2. The van der Waals surface area contributed by atoms with Gasteiger partial charge in [0, 0.05) is 12.5 Å². The molecule has 0 aromatic rings. The van der Waals surface area contributed by atoms with Crippen LogP contribution in [-0.2, 0) is 0 Å². The third-order valence-electron chi connectivity index (χ3n) is 4.69. The highest BCUT2D eigenvalue weighted by atomic mass is 16.6. The lowest BCUT2D eigenvalue weighted by Gasteiger charge is -2.31. The van der Waals surface area contributed by atoms with Gasteiger partial charge in [-0.25, -0.2) is 0 Å². The third-order valence-corrected chi connectivity index (χ3v) is 4.69. The normalized spacial score (nSPS) is 20.4. The number of unbranched alkanes of at least 4 members (excludes halogenated alkanes) is 1. The highest BCUT2D eigenvalue weighted by Gasteiger charge is 2.24. The van der Waals surface area contributed by atoms with Crippen LogP contribution in [0.2, 0.25) is 0 Å². The minimum absolute atomic E-state index is 0.221. The summed E-state index contributed by atoms with van der Waals surface area (Å²) < 4.78 is 0. The molecule has 1 aliphatic rings. The molecular weight excluding hydrogens is 264 g/mol. The zero-order valence-electron chi connectivity index (χ0n) is 14.0. The van der Waals surface area contributed by atoms with E-state index in [1.165, 1.54) is 32.1 Å². The zero-order valence-corrected chi connectivity index (χ0v) is 14.0. The van der Waals surface area contributed by atoms with Crippen LogP contribution in [0.1, 0.15) is 72.1 Å². The standard InChI is InChI=1S/C17H32N2O2/c1-4-8-15(3)9-6-7-14-18(5-2)16-10-12-17(13-11-16)19(20)21/h12,15-16H,4-11,13-14H2,1-3H3/t15-,16?/m1/s1. The molecule has 0 aliphatic heterocycles. The largest absolute Gasteiger partial charge is 0.300 e. The Balaban J connectivity index is 2.28. The minimum atomic E-state index is -0.221. The molecule has 0 aromatic heterocycles. The summed E-state index contributed by atoms with van der Waals surface area (Å²) >= 11 is 0. The van der Waals surface area contributed by atoms with Crippen LogP contribution in [0, 0.1) is 16.0 Å². The van der Waals surface area contributed by atoms with E-state index in [1.54, 1.807) is 0 Å². The fraction of sp³-hybridized carbons (Fsp3) is 0.882. The predicted molar refractivity (Wildman–Crippen MR) is 87.9 cm³/mol. The van der Waals surface area contributed by atoms with E-state index in [-0.39, 0.29) is 4.92 Å². The predicted octanol–water partition coefficient (Wildman–Crippen LogP) is 4.63. The Morgan fingerprint density at radius 2 is 2.14 bits per heavy atom. The van der Waals surface area contributed by atoms with Gasteiger partial charge in [-0.05, 0) is 44.3 Å². The van der Waals surface area contributed by atoms with Gasteiger partial charge in [-0.2, -0.15) is 0 Å². The van der Waals surface area contributed by atoms with E-state index in [0.717, 1.165) is 31.8 Å². The Morgan fingerprint density at radius 3 is 2.67 bits per heavy atom. The van der Waals surface area contributed by atoms with Gasteiger partial charge in [0.15, 0.2) is 0 Å². The summed E-state index contributed by atoms with van der Waals surface area (Å²) in [5, 5.41) is 10.8. The van der Waals surface area contributed by atoms with Crippen molar-refractivity contribution in [3.63, 3.8) is 0 Å². The van der Waals surface area contributed by atoms with Gasteiger partial charge in [0.1, 0.15) is 0 Å². The van der Waals surface area contributed by atoms with Crippen molar-refractivity contribution < 1.29 is 4.92 Å². The first-order valence-electron chi connectivity index (χ1n) is 8.65. The van der Waals surface area contributed by atoms with E-state index in [0.29, 0.717) is 18.2 Å². The van der Waals surface area contributed by atoms with Gasteiger partial charge in [0.25, 0.3) is 0 Å². The van der Waals surface area contributed by atoms with Gasteiger partial charge < -0.3 is 4.90 Å². The van der Waals surface area contributed by atoms with E-state index >= 15 is 0 Å². The molecule has 0 saturated carbocycles. The SMILES string of the molecule is CCC[C@@H](C)CCCCN(CC)C1CC=C([N+](=O)[O-])CC1. The topological polar surface area (TPSA) is 46.4 Å². The lowest BCUT2D eigenvalue weighted by Crippen LogP contribution is -2.37. The summed E-state index contributed by atoms with van der Waals surface area (Å²) in [6.45, 7) is 9.00. The van der Waals surface area contributed by atoms with Crippen molar-refractivity contribution in [2.24, 2.45) is 5.92 Å². The molecule has 1 unspecified atom stereocenters. The van der Waals surface area contributed by atoms with E-state index in [2.05, 4.69) is 25.7 Å². The Bertz CT molecular complexity index is 342. The monoisotopic (exact) mass is 296 g/mol. The van der Waals surface area contributed by atoms with E-state index in [1.807, 2.05) is 6.08 Å². The van der Waals surface area contributed by atoms with Crippen molar-refractivity contribution in [3.8, 4) is 0 Å². The quantitative estimate of drug-likeness (QED) is 0.335. The molecule has 21 heavy (non-hydrogen) atoms. The second-order valence-electron chi connectivity index (χ2n) is 6.40. The van der Waals surface area contributed by atoms with E-state index in [4.69, 9.17) is 0 Å². The highest BCUT2D eigenvalue weighted by Crippen LogP contribution is 2.23. The smallest absolute Gasteiger partial charge is 0.242 e. The maximum Gasteiger partial charge on any atom is 0.242 e. The number of allylic oxidation sites excluding steroid dienone is 1. The van der Waals surface area contributed by atoms with Crippen LogP contribution >= 0.6 is 0 Å². The summed E-state index contributed by atoms with van der Waals surface area (Å²) in [7, 11) is 0. The van der Waals surface area contributed by atoms with Crippen LogP contribution in [0.15, 0.2) is 11.8 Å². The van der Waals surface area contributed by atoms with E-state index in [9.17, 15) is 10.1 Å². The number of hydrogen-bond donors (Lipinski definition) is 0. The zero-order chi connectivity index (χ0) is 15.7. The number of rotatable bonds is 10. The van der Waals surface area contributed by atoms with Crippen LogP contribution in [0.25, 0.3) is 0 Å². The van der Waals surface area contributed by atoms with E-state index < -0.39 is 0 Å². The molecule has 4 heteroatoms. The number of nitro groups is 1. The molecule has 2 atom stereocenters. The van der Waals surface area contributed by atoms with Gasteiger partial charge in [0.05, 0.1) is 4.92 Å². The summed E-state index contributed by atoms with van der Waals surface area (Å²) in [6.07, 6.45) is 10.8. The Hall–Kier alpha value is -0.900. The molecule has 0 saturated heterocycles. The van der Waals surface area contributed by atoms with Gasteiger partial charge in [-0.3, -0.25) is 10.1 Å². The molecule has 1 aliphatic carbocycles. The first kappa shape index (κ1) is 18.1. The summed E-state index contributed by atoms with van der Waals surface area (Å²) in [5.41, 5.74) is 0.413. The Kier molecular flexibility index (Phi) is 8.58. The van der Waals surface area contributed by atoms with Crippen LogP contribution < -0.4 is 0 Å². The lowest BCUT2D eigenvalue weighted by atomic mass is 9.96. The molecule has 0 heterocycles. The van der Waals surface area contributed by atoms with Crippen molar-refractivity contribution in [1.29, 1.82) is 0 Å². The van der Waals surface area contributed by atoms with Gasteiger partial charge in [-0.15, -0.1) is 0 Å². The molecule has 0 N–H and O–H groups in total. The maximum absolute atomic E-state index is 10.8. The van der Waals surface area contributed by atoms with Crippen LogP contribution in [0.4, 0.5) is 0 Å². The van der Waals surface area contributed by atoms with Gasteiger partial charge in [0.2, 0.25) is 5.70 Å². The molecule has 122 valence electrons. The fourth-order valence-electron chi connectivity index (χ4n) is 3.35. The maximum atomic E-state index is 10.8. The Labute approximate surface area is 129 Å². The van der Waals surface area contributed by atoms with Crippen LogP contribution in [-0.4, -0.2) is 29.0 Å². The van der Waals surface area contributed by atoms with Crippen molar-refractivity contribution in [2.75, 3.05) is 13.1 Å². The molecule has 0 aromatic carbocycles. The molecule has 0 spiro atoms.